The van der Waals surface area contributed by atoms with Crippen LogP contribution < -0.4 is 0 Å². The Morgan fingerprint density at radius 2 is 1.80 bits per heavy atom. The molecule has 2 atom stereocenters. The van der Waals surface area contributed by atoms with Gasteiger partial charge in [-0.25, -0.2) is 4.98 Å². The predicted octanol–water partition coefficient (Wildman–Crippen LogP) is 4.74. The maximum absolute atomic E-state index is 12.0. The number of aliphatic imine (C=N–C) groups is 1. The highest BCUT2D eigenvalue weighted by atomic mass is 32.1. The first-order valence-corrected chi connectivity index (χ1v) is 12.0. The van der Waals surface area contributed by atoms with E-state index < -0.39 is 17.9 Å². The highest BCUT2D eigenvalue weighted by Crippen LogP contribution is 2.40. The molecule has 1 aromatic carbocycles. The number of hydrogen-bond acceptors (Lipinski definition) is 7. The van der Waals surface area contributed by atoms with E-state index in [0.29, 0.717) is 23.0 Å². The quantitative estimate of drug-likeness (QED) is 0.409. The van der Waals surface area contributed by atoms with Gasteiger partial charge in [-0.1, -0.05) is 30.3 Å². The fourth-order valence-corrected chi connectivity index (χ4v) is 5.51. The van der Waals surface area contributed by atoms with Crippen molar-refractivity contribution < 1.29 is 14.7 Å². The average Bonchev–Trinajstić information content (AvgIpc) is 3.33. The molecule has 0 saturated heterocycles. The van der Waals surface area contributed by atoms with E-state index in [-0.39, 0.29) is 0 Å². The Labute approximate surface area is 206 Å². The molecule has 4 aromatic rings. The lowest BCUT2D eigenvalue weighted by Gasteiger charge is -2.16. The molecule has 0 spiro atoms. The number of aromatic nitrogens is 4. The molecule has 9 heteroatoms. The summed E-state index contributed by atoms with van der Waals surface area (Å²) in [5.74, 6) is -0.517. The first kappa shape index (κ1) is 22.8. The molecule has 4 heterocycles. The number of carboxylic acids is 1. The number of hydrogen-bond donors (Lipinski definition) is 1. The van der Waals surface area contributed by atoms with Crippen molar-refractivity contribution in [3.05, 3.63) is 81.4 Å². The van der Waals surface area contributed by atoms with Gasteiger partial charge in [0.15, 0.2) is 12.1 Å². The van der Waals surface area contributed by atoms with Crippen molar-refractivity contribution >= 4 is 29.3 Å². The fourth-order valence-electron chi connectivity index (χ4n) is 4.29. The maximum atomic E-state index is 12.0. The van der Waals surface area contributed by atoms with E-state index >= 15 is 0 Å². The van der Waals surface area contributed by atoms with Crippen molar-refractivity contribution in [1.82, 2.24) is 19.7 Å². The molecule has 0 saturated carbocycles. The Bertz CT molecular complexity index is 1500. The number of aryl methyl sites for hydroxylation is 2. The SMILES string of the molecule is Cc1sc2c(c1C)C(c1ccc(-c3cccc(C=O)n3)cc1)=NC([C@H](C)C(=O)O)c1nnc(C)n1-2. The number of aldehydes is 1. The molecule has 1 aliphatic heterocycles. The summed E-state index contributed by atoms with van der Waals surface area (Å²) >= 11 is 1.63. The Morgan fingerprint density at radius 3 is 2.49 bits per heavy atom. The summed E-state index contributed by atoms with van der Waals surface area (Å²) in [6.07, 6.45) is 0.727. The van der Waals surface area contributed by atoms with Gasteiger partial charge in [-0.2, -0.15) is 0 Å². The number of benzene rings is 1. The summed E-state index contributed by atoms with van der Waals surface area (Å²) < 4.78 is 1.95. The average molecular weight is 486 g/mol. The minimum atomic E-state index is -0.944. The lowest BCUT2D eigenvalue weighted by Crippen LogP contribution is -2.21. The van der Waals surface area contributed by atoms with E-state index in [2.05, 4.69) is 29.0 Å². The first-order chi connectivity index (χ1) is 16.8. The van der Waals surface area contributed by atoms with Gasteiger partial charge < -0.3 is 5.11 Å². The van der Waals surface area contributed by atoms with Crippen molar-refractivity contribution in [2.45, 2.75) is 33.7 Å². The Balaban J connectivity index is 1.70. The molecular formula is C26H23N5O3S. The molecule has 0 radical (unpaired) electrons. The van der Waals surface area contributed by atoms with Crippen LogP contribution in [0.4, 0.5) is 0 Å². The van der Waals surface area contributed by atoms with Crippen LogP contribution >= 0.6 is 11.3 Å². The van der Waals surface area contributed by atoms with E-state index in [1.54, 1.807) is 30.4 Å². The smallest absolute Gasteiger partial charge is 0.308 e. The van der Waals surface area contributed by atoms with Crippen LogP contribution in [0.15, 0.2) is 47.5 Å². The molecule has 0 amide bonds. The number of carboxylic acid groups (broad SMARTS) is 1. The normalized spacial score (nSPS) is 15.5. The lowest BCUT2D eigenvalue weighted by molar-refractivity contribution is -0.141. The summed E-state index contributed by atoms with van der Waals surface area (Å²) in [5.41, 5.74) is 5.59. The number of carbonyl (C=O) groups excluding carboxylic acids is 1. The van der Waals surface area contributed by atoms with Gasteiger partial charge in [0.1, 0.15) is 22.6 Å². The summed E-state index contributed by atoms with van der Waals surface area (Å²) in [5, 5.41) is 19.4. The monoisotopic (exact) mass is 485 g/mol. The zero-order valence-corrected chi connectivity index (χ0v) is 20.5. The second-order valence-corrected chi connectivity index (χ2v) is 9.80. The van der Waals surface area contributed by atoms with Crippen LogP contribution in [-0.2, 0) is 4.79 Å². The summed E-state index contributed by atoms with van der Waals surface area (Å²) in [4.78, 5) is 33.7. The van der Waals surface area contributed by atoms with Crippen LogP contribution in [0.25, 0.3) is 16.3 Å². The van der Waals surface area contributed by atoms with Gasteiger partial charge in [0, 0.05) is 21.6 Å². The zero-order chi connectivity index (χ0) is 24.9. The predicted molar refractivity (Wildman–Crippen MR) is 134 cm³/mol. The molecule has 8 nitrogen and oxygen atoms in total. The fraction of sp³-hybridized carbons (Fsp3) is 0.231. The van der Waals surface area contributed by atoms with Crippen LogP contribution in [0, 0.1) is 26.7 Å². The molecule has 1 N–H and O–H groups in total. The Kier molecular flexibility index (Phi) is 5.64. The van der Waals surface area contributed by atoms with Gasteiger partial charge in [-0.05, 0) is 45.4 Å². The molecular weight excluding hydrogens is 462 g/mol. The molecule has 1 unspecified atom stereocenters. The number of nitrogens with zero attached hydrogens (tertiary/aromatic N) is 5. The highest BCUT2D eigenvalue weighted by Gasteiger charge is 2.36. The molecule has 0 bridgehead atoms. The van der Waals surface area contributed by atoms with E-state index in [4.69, 9.17) is 4.99 Å². The first-order valence-electron chi connectivity index (χ1n) is 11.2. The van der Waals surface area contributed by atoms with Crippen molar-refractivity contribution in [3.63, 3.8) is 0 Å². The van der Waals surface area contributed by atoms with Gasteiger partial charge >= 0.3 is 5.97 Å². The van der Waals surface area contributed by atoms with Crippen LogP contribution in [-0.4, -0.2) is 42.8 Å². The van der Waals surface area contributed by atoms with Gasteiger partial charge in [-0.15, -0.1) is 21.5 Å². The van der Waals surface area contributed by atoms with Gasteiger partial charge in [0.25, 0.3) is 0 Å². The zero-order valence-electron chi connectivity index (χ0n) is 19.7. The molecule has 3 aromatic heterocycles. The third kappa shape index (κ3) is 3.77. The van der Waals surface area contributed by atoms with Crippen LogP contribution in [0.5, 0.6) is 0 Å². The maximum Gasteiger partial charge on any atom is 0.308 e. The molecule has 176 valence electrons. The highest BCUT2D eigenvalue weighted by molar-refractivity contribution is 7.15. The standard InChI is InChI=1S/C26H23N5O3S/c1-13-15(3)35-25-21(13)23(28-22(14(2)26(33)34)24-30-29-16(4)31(24)25)18-10-8-17(9-11-18)20-7-5-6-19(12-32)27-20/h5-12,14,22H,1-4H3,(H,33,34)/t14-,22?/m0/s1. The second kappa shape index (κ2) is 8.66. The topological polar surface area (TPSA) is 110 Å². The number of aliphatic carboxylic acids is 1. The van der Waals surface area contributed by atoms with Gasteiger partial charge in [0.2, 0.25) is 0 Å². The van der Waals surface area contributed by atoms with Crippen LogP contribution in [0.1, 0.15) is 56.7 Å². The van der Waals surface area contributed by atoms with Crippen LogP contribution in [0.3, 0.4) is 0 Å². The lowest BCUT2D eigenvalue weighted by atomic mass is 9.97. The molecule has 35 heavy (non-hydrogen) atoms. The summed E-state index contributed by atoms with van der Waals surface area (Å²) in [7, 11) is 0. The minimum Gasteiger partial charge on any atom is -0.481 e. The molecule has 5 rings (SSSR count). The molecule has 0 aliphatic carbocycles. The van der Waals surface area contributed by atoms with Crippen molar-refractivity contribution in [2.75, 3.05) is 0 Å². The van der Waals surface area contributed by atoms with E-state index in [1.165, 1.54) is 0 Å². The van der Waals surface area contributed by atoms with Crippen molar-refractivity contribution in [1.29, 1.82) is 0 Å². The summed E-state index contributed by atoms with van der Waals surface area (Å²) in [6.45, 7) is 7.64. The van der Waals surface area contributed by atoms with Gasteiger partial charge in [0.05, 0.1) is 17.3 Å². The summed E-state index contributed by atoms with van der Waals surface area (Å²) in [6, 6.07) is 12.4. The van der Waals surface area contributed by atoms with Crippen LogP contribution in [0.2, 0.25) is 0 Å². The van der Waals surface area contributed by atoms with E-state index in [9.17, 15) is 14.7 Å². The van der Waals surface area contributed by atoms with E-state index in [0.717, 1.165) is 44.1 Å². The van der Waals surface area contributed by atoms with Crippen molar-refractivity contribution in [3.8, 4) is 16.3 Å². The second-order valence-electron chi connectivity index (χ2n) is 8.60. The molecule has 0 fully saturated rings. The number of thiophene rings is 1. The minimum absolute atomic E-state index is 0.373. The van der Waals surface area contributed by atoms with E-state index in [1.807, 2.05) is 41.8 Å². The largest absolute Gasteiger partial charge is 0.481 e. The van der Waals surface area contributed by atoms with Gasteiger partial charge in [-0.3, -0.25) is 19.1 Å². The van der Waals surface area contributed by atoms with Crippen molar-refractivity contribution in [2.24, 2.45) is 10.9 Å². The number of pyridine rings is 1. The molecule has 1 aliphatic rings. The number of rotatable bonds is 5. The Hall–Kier alpha value is -3.98. The third-order valence-corrected chi connectivity index (χ3v) is 7.59. The Morgan fingerprint density at radius 1 is 1.09 bits per heavy atom. The number of fused-ring (bicyclic) bond motifs is 3. The third-order valence-electron chi connectivity index (χ3n) is 6.40. The number of carbonyl (C=O) groups is 2.